The third-order valence-corrected chi connectivity index (χ3v) is 10.7. The van der Waals surface area contributed by atoms with Gasteiger partial charge in [-0.15, -0.1) is 11.8 Å². The second kappa shape index (κ2) is 9.95. The molecule has 0 saturated carbocycles. The van der Waals surface area contributed by atoms with Crippen LogP contribution in [-0.2, 0) is 14.4 Å². The van der Waals surface area contributed by atoms with Gasteiger partial charge in [0, 0.05) is 17.5 Å². The molecule has 3 aliphatic rings. The molecule has 0 radical (unpaired) electrons. The number of hydrogen-bond acceptors (Lipinski definition) is 5. The number of aliphatic hydroxyl groups is 1. The highest BCUT2D eigenvalue weighted by Crippen LogP contribution is 2.69. The Labute approximate surface area is 222 Å². The number of nitrogens with one attached hydrogen (secondary N) is 2. The highest BCUT2D eigenvalue weighted by atomic mass is 32.2. The molecule has 8 heteroatoms. The maximum atomic E-state index is 14.2. The molecule has 1 spiro atoms. The quantitative estimate of drug-likeness (QED) is 0.491. The fraction of sp³-hybridized carbons (Fsp3) is 0.552. The molecule has 3 amide bonds. The van der Waals surface area contributed by atoms with E-state index in [1.165, 1.54) is 0 Å². The predicted octanol–water partition coefficient (Wildman–Crippen LogP) is 3.66. The number of hydrogen-bond donors (Lipinski definition) is 3. The second-order valence-corrected chi connectivity index (χ2v) is 12.7. The van der Waals surface area contributed by atoms with Crippen LogP contribution in [0.1, 0.15) is 40.5 Å². The van der Waals surface area contributed by atoms with Crippen molar-refractivity contribution in [1.82, 2.24) is 10.2 Å². The van der Waals surface area contributed by atoms with E-state index < -0.39 is 28.7 Å². The molecule has 5 rings (SSSR count). The van der Waals surface area contributed by atoms with Crippen LogP contribution in [0, 0.1) is 23.7 Å². The third-order valence-electron chi connectivity index (χ3n) is 8.61. The highest BCUT2D eigenvalue weighted by molar-refractivity contribution is 8.02. The van der Waals surface area contributed by atoms with Crippen molar-refractivity contribution >= 4 is 45.9 Å². The SMILES string of the molecule is CCCNC(=O)[C@@H]1[C@@H]2CC(C)C3(S2)C(C(=O)Nc2ccc4ccccc4c2)N([C@@H](CO)C(C)C)C(=O)[C@H]13. The van der Waals surface area contributed by atoms with Crippen LogP contribution >= 0.6 is 11.8 Å². The van der Waals surface area contributed by atoms with Gasteiger partial charge in [-0.3, -0.25) is 14.4 Å². The van der Waals surface area contributed by atoms with Crippen LogP contribution in [0.5, 0.6) is 0 Å². The largest absolute Gasteiger partial charge is 0.394 e. The molecule has 0 aromatic heterocycles. The minimum Gasteiger partial charge on any atom is -0.394 e. The van der Waals surface area contributed by atoms with E-state index in [-0.39, 0.29) is 41.4 Å². The molecule has 2 bridgehead atoms. The molecule has 0 aliphatic carbocycles. The molecule has 3 unspecified atom stereocenters. The molecule has 7 nitrogen and oxygen atoms in total. The highest BCUT2D eigenvalue weighted by Gasteiger charge is 2.76. The van der Waals surface area contributed by atoms with Gasteiger partial charge >= 0.3 is 0 Å². The zero-order chi connectivity index (χ0) is 26.5. The maximum absolute atomic E-state index is 14.2. The lowest BCUT2D eigenvalue weighted by Crippen LogP contribution is -2.58. The Morgan fingerprint density at radius 3 is 2.57 bits per heavy atom. The summed E-state index contributed by atoms with van der Waals surface area (Å²) in [4.78, 5) is 43.3. The molecule has 3 aliphatic heterocycles. The lowest BCUT2D eigenvalue weighted by molar-refractivity contribution is -0.143. The minimum atomic E-state index is -0.773. The topological polar surface area (TPSA) is 98.7 Å². The molecule has 2 aromatic carbocycles. The molecule has 3 N–H and O–H groups in total. The van der Waals surface area contributed by atoms with E-state index in [0.717, 1.165) is 23.6 Å². The molecule has 37 heavy (non-hydrogen) atoms. The Balaban J connectivity index is 1.55. The van der Waals surface area contributed by atoms with E-state index in [1.807, 2.05) is 63.2 Å². The first kappa shape index (κ1) is 26.0. The van der Waals surface area contributed by atoms with Gasteiger partial charge < -0.3 is 20.6 Å². The van der Waals surface area contributed by atoms with Gasteiger partial charge in [0.25, 0.3) is 0 Å². The number of carbonyl (C=O) groups excluding carboxylic acids is 3. The number of carbonyl (C=O) groups is 3. The van der Waals surface area contributed by atoms with Crippen molar-refractivity contribution in [2.45, 2.75) is 62.6 Å². The monoisotopic (exact) mass is 523 g/mol. The number of nitrogens with zero attached hydrogens (tertiary/aromatic N) is 1. The van der Waals surface area contributed by atoms with Gasteiger partial charge in [-0.05, 0) is 47.6 Å². The summed E-state index contributed by atoms with van der Waals surface area (Å²) in [5.74, 6) is -1.53. The normalized spacial score (nSPS) is 31.1. The number of aliphatic hydroxyl groups excluding tert-OH is 1. The average molecular weight is 524 g/mol. The zero-order valence-electron chi connectivity index (χ0n) is 21.9. The van der Waals surface area contributed by atoms with Gasteiger partial charge in [0.15, 0.2) is 0 Å². The van der Waals surface area contributed by atoms with Crippen molar-refractivity contribution in [1.29, 1.82) is 0 Å². The van der Waals surface area contributed by atoms with Crippen LogP contribution in [0.25, 0.3) is 10.8 Å². The molecule has 198 valence electrons. The summed E-state index contributed by atoms with van der Waals surface area (Å²) in [6.07, 6.45) is 1.61. The van der Waals surface area contributed by atoms with Crippen LogP contribution in [-0.4, -0.2) is 63.0 Å². The van der Waals surface area contributed by atoms with Crippen molar-refractivity contribution < 1.29 is 19.5 Å². The average Bonchev–Trinajstić information content (AvgIpc) is 3.46. The Morgan fingerprint density at radius 2 is 1.89 bits per heavy atom. The summed E-state index contributed by atoms with van der Waals surface area (Å²) in [5.41, 5.74) is 0.670. The Kier molecular flexibility index (Phi) is 7.00. The first-order chi connectivity index (χ1) is 17.7. The predicted molar refractivity (Wildman–Crippen MR) is 147 cm³/mol. The van der Waals surface area contributed by atoms with Crippen molar-refractivity contribution in [3.05, 3.63) is 42.5 Å². The second-order valence-electron chi connectivity index (χ2n) is 11.1. The number of fused-ring (bicyclic) bond motifs is 2. The van der Waals surface area contributed by atoms with E-state index >= 15 is 0 Å². The fourth-order valence-electron chi connectivity index (χ4n) is 6.88. The molecule has 3 fully saturated rings. The summed E-state index contributed by atoms with van der Waals surface area (Å²) in [7, 11) is 0. The van der Waals surface area contributed by atoms with Crippen LogP contribution in [0.15, 0.2) is 42.5 Å². The fourth-order valence-corrected chi connectivity index (χ4v) is 9.29. The van der Waals surface area contributed by atoms with Crippen molar-refractivity contribution in [3.63, 3.8) is 0 Å². The van der Waals surface area contributed by atoms with Crippen molar-refractivity contribution in [2.24, 2.45) is 23.7 Å². The number of benzene rings is 2. The van der Waals surface area contributed by atoms with Gasteiger partial charge in [-0.1, -0.05) is 58.0 Å². The smallest absolute Gasteiger partial charge is 0.248 e. The number of rotatable bonds is 8. The van der Waals surface area contributed by atoms with Crippen LogP contribution in [0.3, 0.4) is 0 Å². The van der Waals surface area contributed by atoms with Gasteiger partial charge in [-0.25, -0.2) is 0 Å². The van der Waals surface area contributed by atoms with E-state index in [9.17, 15) is 19.5 Å². The maximum Gasteiger partial charge on any atom is 0.248 e. The van der Waals surface area contributed by atoms with E-state index in [1.54, 1.807) is 16.7 Å². The number of thioether (sulfide) groups is 1. The number of anilines is 1. The standard InChI is InChI=1S/C29H37N3O4S/c1-5-12-30-26(34)23-22-13-17(4)29(37-22)24(23)28(36)32(21(15-33)16(2)3)25(29)27(35)31-20-11-10-18-8-6-7-9-19(18)14-20/h6-11,14,16-17,21-25,33H,5,12-13,15H2,1-4H3,(H,30,34)(H,31,35)/t17?,21-,22-,23+,24-,25?,29?/m0/s1. The molecule has 3 saturated heterocycles. The Hall–Kier alpha value is -2.58. The summed E-state index contributed by atoms with van der Waals surface area (Å²) in [5, 5.41) is 18.6. The molecule has 7 atom stereocenters. The first-order valence-electron chi connectivity index (χ1n) is 13.4. The summed E-state index contributed by atoms with van der Waals surface area (Å²) in [6, 6.07) is 12.5. The van der Waals surface area contributed by atoms with Crippen molar-refractivity contribution in [2.75, 3.05) is 18.5 Å². The van der Waals surface area contributed by atoms with Crippen LogP contribution < -0.4 is 10.6 Å². The van der Waals surface area contributed by atoms with Crippen LogP contribution in [0.2, 0.25) is 0 Å². The Morgan fingerprint density at radius 1 is 1.16 bits per heavy atom. The zero-order valence-corrected chi connectivity index (χ0v) is 22.8. The molecule has 3 heterocycles. The molecule has 2 aromatic rings. The molecular weight excluding hydrogens is 486 g/mol. The number of amides is 3. The Bertz CT molecular complexity index is 1220. The summed E-state index contributed by atoms with van der Waals surface area (Å²) in [6.45, 7) is 8.35. The van der Waals surface area contributed by atoms with Gasteiger partial charge in [0.05, 0.1) is 29.2 Å². The minimum absolute atomic E-state index is 0.00514. The van der Waals surface area contributed by atoms with E-state index in [2.05, 4.69) is 17.6 Å². The van der Waals surface area contributed by atoms with Crippen molar-refractivity contribution in [3.8, 4) is 0 Å². The molecular formula is C29H37N3O4S. The summed E-state index contributed by atoms with van der Waals surface area (Å²) < 4.78 is -0.709. The van der Waals surface area contributed by atoms with Gasteiger partial charge in [-0.2, -0.15) is 0 Å². The first-order valence-corrected chi connectivity index (χ1v) is 14.3. The van der Waals surface area contributed by atoms with Gasteiger partial charge in [0.1, 0.15) is 6.04 Å². The van der Waals surface area contributed by atoms with Crippen LogP contribution in [0.4, 0.5) is 5.69 Å². The van der Waals surface area contributed by atoms with E-state index in [4.69, 9.17) is 0 Å². The van der Waals surface area contributed by atoms with Gasteiger partial charge in [0.2, 0.25) is 17.7 Å². The lowest BCUT2D eigenvalue weighted by Gasteiger charge is -2.40. The summed E-state index contributed by atoms with van der Waals surface area (Å²) >= 11 is 1.66. The third kappa shape index (κ3) is 4.04. The number of likely N-dealkylation sites (tertiary alicyclic amines) is 1. The lowest BCUT2D eigenvalue weighted by atomic mass is 9.66. The van der Waals surface area contributed by atoms with E-state index in [0.29, 0.717) is 12.2 Å².